The van der Waals surface area contributed by atoms with E-state index in [1.165, 1.54) is 0 Å². The van der Waals surface area contributed by atoms with E-state index in [0.717, 1.165) is 42.0 Å². The monoisotopic (exact) mass is 338 g/mol. The van der Waals surface area contributed by atoms with Crippen LogP contribution >= 0.6 is 11.3 Å². The third-order valence-electron chi connectivity index (χ3n) is 4.39. The van der Waals surface area contributed by atoms with Gasteiger partial charge in [-0.05, 0) is 24.3 Å². The van der Waals surface area contributed by atoms with Crippen LogP contribution in [-0.4, -0.2) is 54.6 Å². The number of rotatable bonds is 5. The van der Waals surface area contributed by atoms with Crippen molar-refractivity contribution in [3.63, 3.8) is 0 Å². The van der Waals surface area contributed by atoms with Gasteiger partial charge in [0.2, 0.25) is 10.0 Å². The fraction of sp³-hybridized carbons (Fsp3) is 0.571. The van der Waals surface area contributed by atoms with Crippen LogP contribution in [-0.2, 0) is 10.0 Å². The Balaban J connectivity index is 1.41. The number of fused-ring (bicyclic) bond motifs is 1. The highest BCUT2D eigenvalue weighted by atomic mass is 32.2. The lowest BCUT2D eigenvalue weighted by atomic mass is 10.00. The Kier molecular flexibility index (Phi) is 3.35. The van der Waals surface area contributed by atoms with Crippen LogP contribution in [0.15, 0.2) is 17.8 Å². The van der Waals surface area contributed by atoms with E-state index in [2.05, 4.69) is 14.9 Å². The molecule has 2 fully saturated rings. The van der Waals surface area contributed by atoms with E-state index in [-0.39, 0.29) is 5.25 Å². The van der Waals surface area contributed by atoms with Crippen LogP contribution in [0.3, 0.4) is 0 Å². The van der Waals surface area contributed by atoms with Crippen molar-refractivity contribution < 1.29 is 8.42 Å². The molecule has 0 N–H and O–H groups in total. The Bertz CT molecular complexity index is 794. The molecule has 118 valence electrons. The molecule has 0 spiro atoms. The normalized spacial score (nSPS) is 19.8. The number of hydrogen-bond acceptors (Lipinski definition) is 6. The number of sulfonamides is 1. The number of aromatic nitrogens is 2. The Hall–Kier alpha value is -1.25. The van der Waals surface area contributed by atoms with Gasteiger partial charge in [0.1, 0.15) is 17.0 Å². The lowest BCUT2D eigenvalue weighted by Crippen LogP contribution is -2.52. The predicted octanol–water partition coefficient (Wildman–Crippen LogP) is 1.55. The highest BCUT2D eigenvalue weighted by Gasteiger charge is 2.40. The van der Waals surface area contributed by atoms with Crippen LogP contribution in [0.1, 0.15) is 12.8 Å². The Morgan fingerprint density at radius 3 is 2.86 bits per heavy atom. The van der Waals surface area contributed by atoms with Gasteiger partial charge in [-0.2, -0.15) is 0 Å². The molecular weight excluding hydrogens is 320 g/mol. The fourth-order valence-corrected chi connectivity index (χ4v) is 5.36. The molecule has 8 heteroatoms. The lowest BCUT2D eigenvalue weighted by molar-refractivity contribution is 0.326. The summed E-state index contributed by atoms with van der Waals surface area (Å²) in [5.74, 6) is 1.34. The standard InChI is InChI=1S/C14H18N4O2S2/c1-17(22(19,20)11-2-3-11)6-10-7-18(8-10)13-12-4-5-21-14(12)16-9-15-13/h4-5,9-11H,2-3,6-8H2,1H3. The average Bonchev–Trinajstić information content (AvgIpc) is 3.20. The van der Waals surface area contributed by atoms with Gasteiger partial charge >= 0.3 is 0 Å². The van der Waals surface area contributed by atoms with Crippen LogP contribution < -0.4 is 4.90 Å². The van der Waals surface area contributed by atoms with Gasteiger partial charge in [0.25, 0.3) is 0 Å². The molecule has 0 atom stereocenters. The van der Waals surface area contributed by atoms with E-state index in [9.17, 15) is 8.42 Å². The first-order chi connectivity index (χ1) is 10.6. The van der Waals surface area contributed by atoms with Crippen LogP contribution in [0, 0.1) is 5.92 Å². The maximum atomic E-state index is 12.2. The third-order valence-corrected chi connectivity index (χ3v) is 7.55. The van der Waals surface area contributed by atoms with Gasteiger partial charge in [-0.25, -0.2) is 22.7 Å². The summed E-state index contributed by atoms with van der Waals surface area (Å²) in [4.78, 5) is 11.9. The molecule has 2 aromatic heterocycles. The first-order valence-electron chi connectivity index (χ1n) is 7.44. The molecule has 0 unspecified atom stereocenters. The molecule has 1 aliphatic carbocycles. The molecule has 2 aliphatic rings. The first-order valence-corrected chi connectivity index (χ1v) is 9.82. The van der Waals surface area contributed by atoms with Gasteiger partial charge in [-0.1, -0.05) is 0 Å². The Morgan fingerprint density at radius 1 is 1.36 bits per heavy atom. The van der Waals surface area contributed by atoms with E-state index < -0.39 is 10.0 Å². The molecular formula is C14H18N4O2S2. The molecule has 0 aromatic carbocycles. The van der Waals surface area contributed by atoms with Crippen molar-refractivity contribution in [3.05, 3.63) is 17.8 Å². The molecule has 1 aliphatic heterocycles. The number of nitrogens with zero attached hydrogens (tertiary/aromatic N) is 4. The van der Waals surface area contributed by atoms with Crippen LogP contribution in [0.25, 0.3) is 10.2 Å². The van der Waals surface area contributed by atoms with Gasteiger partial charge in [-0.15, -0.1) is 11.3 Å². The van der Waals surface area contributed by atoms with Crippen LogP contribution in [0.4, 0.5) is 5.82 Å². The molecule has 0 radical (unpaired) electrons. The summed E-state index contributed by atoms with van der Waals surface area (Å²) in [6.45, 7) is 2.31. The fourth-order valence-electron chi connectivity index (χ4n) is 2.98. The van der Waals surface area contributed by atoms with Crippen molar-refractivity contribution in [2.75, 3.05) is 31.6 Å². The van der Waals surface area contributed by atoms with Gasteiger partial charge in [0.15, 0.2) is 0 Å². The van der Waals surface area contributed by atoms with E-state index in [1.807, 2.05) is 11.4 Å². The molecule has 1 saturated carbocycles. The summed E-state index contributed by atoms with van der Waals surface area (Å²) in [5, 5.41) is 2.99. The maximum absolute atomic E-state index is 12.2. The van der Waals surface area contributed by atoms with Crippen LogP contribution in [0.2, 0.25) is 0 Å². The maximum Gasteiger partial charge on any atom is 0.216 e. The van der Waals surface area contributed by atoms with E-state index in [0.29, 0.717) is 12.5 Å². The number of hydrogen-bond donors (Lipinski definition) is 0. The summed E-state index contributed by atoms with van der Waals surface area (Å²) in [7, 11) is -1.35. The van der Waals surface area contributed by atoms with Gasteiger partial charge in [0, 0.05) is 32.6 Å². The Labute approximate surface area is 133 Å². The molecule has 2 aromatic rings. The molecule has 6 nitrogen and oxygen atoms in total. The minimum absolute atomic E-state index is 0.124. The minimum atomic E-state index is -3.05. The lowest BCUT2D eigenvalue weighted by Gasteiger charge is -2.41. The van der Waals surface area contributed by atoms with Gasteiger partial charge in [-0.3, -0.25) is 0 Å². The van der Waals surface area contributed by atoms with E-state index in [1.54, 1.807) is 29.0 Å². The third kappa shape index (κ3) is 2.39. The smallest absolute Gasteiger partial charge is 0.216 e. The quantitative estimate of drug-likeness (QED) is 0.827. The van der Waals surface area contributed by atoms with Crippen molar-refractivity contribution in [2.24, 2.45) is 5.92 Å². The Morgan fingerprint density at radius 2 is 2.14 bits per heavy atom. The minimum Gasteiger partial charge on any atom is -0.355 e. The van der Waals surface area contributed by atoms with Crippen molar-refractivity contribution in [2.45, 2.75) is 18.1 Å². The van der Waals surface area contributed by atoms with Crippen molar-refractivity contribution in [1.82, 2.24) is 14.3 Å². The van der Waals surface area contributed by atoms with Crippen molar-refractivity contribution in [1.29, 1.82) is 0 Å². The van der Waals surface area contributed by atoms with E-state index in [4.69, 9.17) is 0 Å². The topological polar surface area (TPSA) is 66.4 Å². The summed E-state index contributed by atoms with van der Waals surface area (Å²) in [5.41, 5.74) is 0. The zero-order valence-corrected chi connectivity index (χ0v) is 14.0. The summed E-state index contributed by atoms with van der Waals surface area (Å²) < 4.78 is 25.9. The highest BCUT2D eigenvalue weighted by Crippen LogP contribution is 2.33. The number of thiophene rings is 1. The van der Waals surface area contributed by atoms with Crippen LogP contribution in [0.5, 0.6) is 0 Å². The molecule has 0 bridgehead atoms. The van der Waals surface area contributed by atoms with Crippen molar-refractivity contribution >= 4 is 37.4 Å². The molecule has 0 amide bonds. The van der Waals surface area contributed by atoms with Crippen molar-refractivity contribution in [3.8, 4) is 0 Å². The second-order valence-corrected chi connectivity index (χ2v) is 9.35. The highest BCUT2D eigenvalue weighted by molar-refractivity contribution is 7.90. The SMILES string of the molecule is CN(CC1CN(c2ncnc3sccc23)C1)S(=O)(=O)C1CC1. The second kappa shape index (κ2) is 5.14. The summed E-state index contributed by atoms with van der Waals surface area (Å²) in [6, 6.07) is 2.05. The largest absolute Gasteiger partial charge is 0.355 e. The molecule has 4 rings (SSSR count). The molecule has 1 saturated heterocycles. The van der Waals surface area contributed by atoms with E-state index >= 15 is 0 Å². The second-order valence-electron chi connectivity index (χ2n) is 6.13. The zero-order chi connectivity index (χ0) is 15.3. The summed E-state index contributed by atoms with van der Waals surface area (Å²) >= 11 is 1.61. The average molecular weight is 338 g/mol. The zero-order valence-electron chi connectivity index (χ0n) is 12.3. The van der Waals surface area contributed by atoms with Gasteiger partial charge < -0.3 is 4.90 Å². The predicted molar refractivity (Wildman–Crippen MR) is 87.7 cm³/mol. The van der Waals surface area contributed by atoms with Gasteiger partial charge in [0.05, 0.1) is 10.6 Å². The molecule has 3 heterocycles. The first kappa shape index (κ1) is 14.3. The number of anilines is 1. The molecule has 22 heavy (non-hydrogen) atoms. The summed E-state index contributed by atoms with van der Waals surface area (Å²) in [6.07, 6.45) is 3.24.